The van der Waals surface area contributed by atoms with Crippen molar-refractivity contribution in [1.29, 1.82) is 0 Å². The molecule has 0 spiro atoms. The summed E-state index contributed by atoms with van der Waals surface area (Å²) in [5.41, 5.74) is 0.150. The molecule has 0 atom stereocenters. The molecule has 1 aromatic rings. The molecule has 23 heavy (non-hydrogen) atoms. The van der Waals surface area contributed by atoms with E-state index >= 15 is 0 Å². The minimum absolute atomic E-state index is 0.0916. The number of alkyl carbamates (subject to hydrolysis) is 1. The predicted octanol–water partition coefficient (Wildman–Crippen LogP) is 4.34. The molecule has 0 saturated carbocycles. The first-order valence-corrected chi connectivity index (χ1v) is 7.99. The second-order valence-electron chi connectivity index (χ2n) is 5.93. The van der Waals surface area contributed by atoms with Gasteiger partial charge in [-0.25, -0.2) is 4.79 Å². The van der Waals surface area contributed by atoms with Crippen molar-refractivity contribution < 1.29 is 19.1 Å². The molecule has 0 aliphatic rings. The summed E-state index contributed by atoms with van der Waals surface area (Å²) in [6, 6.07) is 4.99. The van der Waals surface area contributed by atoms with Crippen LogP contribution in [0.2, 0.25) is 10.0 Å². The Bertz CT molecular complexity index is 556. The molecule has 1 aromatic carbocycles. The van der Waals surface area contributed by atoms with Gasteiger partial charge in [-0.05, 0) is 39.3 Å². The largest absolute Gasteiger partial charge is 0.461 e. The molecule has 128 valence electrons. The maximum absolute atomic E-state index is 11.6. The van der Waals surface area contributed by atoms with Gasteiger partial charge in [0, 0.05) is 28.6 Å². The summed E-state index contributed by atoms with van der Waals surface area (Å²) in [5.74, 6) is -0.359. The molecule has 0 saturated heterocycles. The number of amides is 1. The number of rotatable bonds is 6. The van der Waals surface area contributed by atoms with Crippen LogP contribution in [0.1, 0.15) is 39.2 Å². The van der Waals surface area contributed by atoms with E-state index in [4.69, 9.17) is 32.7 Å². The average Bonchev–Trinajstić information content (AvgIpc) is 2.40. The van der Waals surface area contributed by atoms with Gasteiger partial charge in [0.1, 0.15) is 12.2 Å². The molecular weight excluding hydrogens is 341 g/mol. The van der Waals surface area contributed by atoms with Gasteiger partial charge in [0.05, 0.1) is 0 Å². The number of carbonyl (C=O) groups is 2. The molecular formula is C16H21Cl2NO4. The molecule has 1 rings (SSSR count). The summed E-state index contributed by atoms with van der Waals surface area (Å²) < 4.78 is 10.2. The molecule has 5 nitrogen and oxygen atoms in total. The average molecular weight is 362 g/mol. The van der Waals surface area contributed by atoms with Crippen LogP contribution < -0.4 is 5.32 Å². The number of nitrogens with one attached hydrogen (secondary N) is 1. The number of carbonyl (C=O) groups excluding carboxylic acids is 2. The lowest BCUT2D eigenvalue weighted by Crippen LogP contribution is -2.33. The van der Waals surface area contributed by atoms with Crippen LogP contribution in [0.5, 0.6) is 0 Å². The summed E-state index contributed by atoms with van der Waals surface area (Å²) in [4.78, 5) is 23.0. The molecule has 0 aliphatic heterocycles. The summed E-state index contributed by atoms with van der Waals surface area (Å²) in [5, 5.41) is 3.56. The van der Waals surface area contributed by atoms with Crippen LogP contribution in [0.25, 0.3) is 0 Å². The lowest BCUT2D eigenvalue weighted by molar-refractivity contribution is -0.145. The maximum Gasteiger partial charge on any atom is 0.407 e. The van der Waals surface area contributed by atoms with E-state index in [2.05, 4.69) is 5.32 Å². The van der Waals surface area contributed by atoms with Gasteiger partial charge < -0.3 is 14.8 Å². The second-order valence-corrected chi connectivity index (χ2v) is 6.77. The predicted molar refractivity (Wildman–Crippen MR) is 89.7 cm³/mol. The van der Waals surface area contributed by atoms with Gasteiger partial charge in [-0.3, -0.25) is 4.79 Å². The molecule has 1 N–H and O–H groups in total. The highest BCUT2D eigenvalue weighted by atomic mass is 35.5. The van der Waals surface area contributed by atoms with E-state index in [1.54, 1.807) is 39.0 Å². The molecule has 0 bridgehead atoms. The van der Waals surface area contributed by atoms with Crippen LogP contribution in [-0.4, -0.2) is 24.2 Å². The fourth-order valence-corrected chi connectivity index (χ4v) is 2.07. The van der Waals surface area contributed by atoms with Crippen molar-refractivity contribution in [3.05, 3.63) is 33.8 Å². The van der Waals surface area contributed by atoms with Gasteiger partial charge in [0.2, 0.25) is 0 Å². The zero-order valence-corrected chi connectivity index (χ0v) is 15.0. The van der Waals surface area contributed by atoms with Crippen molar-refractivity contribution in [2.24, 2.45) is 0 Å². The first-order valence-electron chi connectivity index (χ1n) is 7.24. The Hall–Kier alpha value is -1.46. The van der Waals surface area contributed by atoms with Gasteiger partial charge in [-0.2, -0.15) is 0 Å². The Morgan fingerprint density at radius 1 is 1.22 bits per heavy atom. The van der Waals surface area contributed by atoms with E-state index in [1.165, 1.54) is 0 Å². The van der Waals surface area contributed by atoms with Gasteiger partial charge >= 0.3 is 12.1 Å². The molecule has 0 radical (unpaired) electrons. The molecule has 0 fully saturated rings. The topological polar surface area (TPSA) is 64.6 Å². The van der Waals surface area contributed by atoms with Gasteiger partial charge in [0.25, 0.3) is 0 Å². The number of halogens is 2. The van der Waals surface area contributed by atoms with Crippen molar-refractivity contribution in [3.63, 3.8) is 0 Å². The van der Waals surface area contributed by atoms with Crippen LogP contribution in [0, 0.1) is 0 Å². The van der Waals surface area contributed by atoms with Gasteiger partial charge in [-0.15, -0.1) is 0 Å². The van der Waals surface area contributed by atoms with Crippen LogP contribution >= 0.6 is 23.2 Å². The smallest absolute Gasteiger partial charge is 0.407 e. The zero-order valence-electron chi connectivity index (χ0n) is 13.4. The van der Waals surface area contributed by atoms with E-state index < -0.39 is 11.7 Å². The minimum atomic E-state index is -0.541. The van der Waals surface area contributed by atoms with Gasteiger partial charge in [0.15, 0.2) is 0 Å². The van der Waals surface area contributed by atoms with Crippen LogP contribution in [0.15, 0.2) is 18.2 Å². The third-order valence-electron chi connectivity index (χ3n) is 2.63. The third-order valence-corrected chi connectivity index (χ3v) is 3.22. The van der Waals surface area contributed by atoms with Crippen molar-refractivity contribution in [2.45, 2.75) is 45.8 Å². The quantitative estimate of drug-likeness (QED) is 0.604. The molecule has 1 amide bonds. The Morgan fingerprint density at radius 3 is 2.52 bits per heavy atom. The molecule has 0 aliphatic carbocycles. The maximum atomic E-state index is 11.6. The molecule has 7 heteroatoms. The highest BCUT2D eigenvalue weighted by Gasteiger charge is 2.15. The van der Waals surface area contributed by atoms with Crippen LogP contribution in [0.4, 0.5) is 4.79 Å². The van der Waals surface area contributed by atoms with E-state index in [0.717, 1.165) is 0 Å². The van der Waals surface area contributed by atoms with Crippen LogP contribution in [-0.2, 0) is 20.9 Å². The van der Waals surface area contributed by atoms with E-state index in [1.807, 2.05) is 0 Å². The van der Waals surface area contributed by atoms with E-state index in [0.29, 0.717) is 28.6 Å². The Kier molecular flexibility index (Phi) is 7.65. The SMILES string of the molecule is CC(C)(C)OC(=O)NCCCC(=O)OCc1ccc(Cl)cc1Cl. The number of ether oxygens (including phenoxy) is 2. The fraction of sp³-hybridized carbons (Fsp3) is 0.500. The minimum Gasteiger partial charge on any atom is -0.461 e. The number of hydrogen-bond acceptors (Lipinski definition) is 4. The summed E-state index contributed by atoms with van der Waals surface area (Å²) in [7, 11) is 0. The second kappa shape index (κ2) is 8.99. The van der Waals surface area contributed by atoms with E-state index in [-0.39, 0.29) is 19.0 Å². The van der Waals surface area contributed by atoms with Crippen molar-refractivity contribution in [1.82, 2.24) is 5.32 Å². The Morgan fingerprint density at radius 2 is 1.91 bits per heavy atom. The first-order chi connectivity index (χ1) is 10.7. The van der Waals surface area contributed by atoms with E-state index in [9.17, 15) is 9.59 Å². The van der Waals surface area contributed by atoms with Gasteiger partial charge in [-0.1, -0.05) is 29.3 Å². The van der Waals surface area contributed by atoms with Crippen LogP contribution in [0.3, 0.4) is 0 Å². The lowest BCUT2D eigenvalue weighted by atomic mass is 10.2. The Balaban J connectivity index is 2.21. The Labute approximate surface area is 146 Å². The summed E-state index contributed by atoms with van der Waals surface area (Å²) >= 11 is 11.8. The highest BCUT2D eigenvalue weighted by Crippen LogP contribution is 2.21. The lowest BCUT2D eigenvalue weighted by Gasteiger charge is -2.19. The molecule has 0 aromatic heterocycles. The summed E-state index contributed by atoms with van der Waals surface area (Å²) in [6.45, 7) is 5.78. The molecule has 0 unspecified atom stereocenters. The number of benzene rings is 1. The van der Waals surface area contributed by atoms with Crippen molar-refractivity contribution >= 4 is 35.3 Å². The van der Waals surface area contributed by atoms with Crippen molar-refractivity contribution in [2.75, 3.05) is 6.54 Å². The molecule has 0 heterocycles. The number of hydrogen-bond donors (Lipinski definition) is 1. The third kappa shape index (κ3) is 8.67. The monoisotopic (exact) mass is 361 g/mol. The summed E-state index contributed by atoms with van der Waals surface area (Å²) in [6.07, 6.45) is 0.159. The first kappa shape index (κ1) is 19.6. The highest BCUT2D eigenvalue weighted by molar-refractivity contribution is 6.35. The van der Waals surface area contributed by atoms with Crippen molar-refractivity contribution in [3.8, 4) is 0 Å². The normalized spacial score (nSPS) is 11.0. The fourth-order valence-electron chi connectivity index (χ4n) is 1.61. The standard InChI is InChI=1S/C16H21Cl2NO4/c1-16(2,3)23-15(21)19-8-4-5-14(20)22-10-11-6-7-12(17)9-13(11)18/h6-7,9H,4-5,8,10H2,1-3H3,(H,19,21). The number of esters is 1. The zero-order chi connectivity index (χ0) is 17.5.